The molecule has 2 atom stereocenters. The molecule has 2 aromatic rings. The standard InChI is InChI=1S/C19H28N4O2/c1-3-23-14-20-21-19(23)16-7-5-9-22(11-16)12-17(24)13-25-18-8-4-6-15(2)10-18/h4,6,8,10,14,16-17,24H,3,5,7,9,11-13H2,1-2H3. The van der Waals surface area contributed by atoms with Crippen molar-refractivity contribution in [3.05, 3.63) is 42.0 Å². The number of aliphatic hydroxyl groups excluding tert-OH is 1. The van der Waals surface area contributed by atoms with Crippen LogP contribution in [-0.2, 0) is 6.54 Å². The van der Waals surface area contributed by atoms with Crippen LogP contribution in [0.2, 0.25) is 0 Å². The number of piperidine rings is 1. The Bertz CT molecular complexity index is 673. The molecule has 1 aliphatic heterocycles. The second kappa shape index (κ2) is 8.45. The second-order valence-electron chi connectivity index (χ2n) is 6.86. The molecule has 0 spiro atoms. The Kier molecular flexibility index (Phi) is 6.04. The summed E-state index contributed by atoms with van der Waals surface area (Å²) in [6.07, 6.45) is 3.56. The van der Waals surface area contributed by atoms with Crippen molar-refractivity contribution in [3.8, 4) is 5.75 Å². The minimum atomic E-state index is -0.497. The first-order valence-corrected chi connectivity index (χ1v) is 9.13. The van der Waals surface area contributed by atoms with Crippen LogP contribution in [0.5, 0.6) is 5.75 Å². The van der Waals surface area contributed by atoms with Crippen LogP contribution in [0.15, 0.2) is 30.6 Å². The molecule has 1 fully saturated rings. The molecule has 6 nitrogen and oxygen atoms in total. The van der Waals surface area contributed by atoms with Crippen molar-refractivity contribution in [2.75, 3.05) is 26.2 Å². The summed E-state index contributed by atoms with van der Waals surface area (Å²) in [4.78, 5) is 2.31. The van der Waals surface area contributed by atoms with Crippen molar-refractivity contribution in [2.45, 2.75) is 45.3 Å². The number of nitrogens with zero attached hydrogens (tertiary/aromatic N) is 4. The van der Waals surface area contributed by atoms with Gasteiger partial charge in [0, 0.05) is 25.6 Å². The van der Waals surface area contributed by atoms with E-state index >= 15 is 0 Å². The lowest BCUT2D eigenvalue weighted by Crippen LogP contribution is -2.41. The number of aliphatic hydroxyl groups is 1. The summed E-state index contributed by atoms with van der Waals surface area (Å²) in [5.41, 5.74) is 1.16. The van der Waals surface area contributed by atoms with Gasteiger partial charge in [0.15, 0.2) is 0 Å². The highest BCUT2D eigenvalue weighted by Crippen LogP contribution is 2.25. The maximum absolute atomic E-state index is 10.3. The van der Waals surface area contributed by atoms with E-state index in [1.54, 1.807) is 6.33 Å². The van der Waals surface area contributed by atoms with E-state index in [1.165, 1.54) is 0 Å². The molecule has 2 unspecified atom stereocenters. The van der Waals surface area contributed by atoms with E-state index in [9.17, 15) is 5.11 Å². The zero-order chi connectivity index (χ0) is 17.6. The average molecular weight is 344 g/mol. The normalized spacial score (nSPS) is 19.7. The van der Waals surface area contributed by atoms with E-state index in [4.69, 9.17) is 4.74 Å². The van der Waals surface area contributed by atoms with Gasteiger partial charge in [-0.05, 0) is 50.9 Å². The summed E-state index contributed by atoms with van der Waals surface area (Å²) in [6.45, 7) is 7.91. The molecule has 0 amide bonds. The van der Waals surface area contributed by atoms with Gasteiger partial charge in [0.2, 0.25) is 0 Å². The summed E-state index contributed by atoms with van der Waals surface area (Å²) in [7, 11) is 0. The van der Waals surface area contributed by atoms with Gasteiger partial charge >= 0.3 is 0 Å². The third-order valence-electron chi connectivity index (χ3n) is 4.76. The van der Waals surface area contributed by atoms with Gasteiger partial charge in [-0.3, -0.25) is 4.90 Å². The molecule has 25 heavy (non-hydrogen) atoms. The summed E-state index contributed by atoms with van der Waals surface area (Å²) in [5.74, 6) is 2.27. The Morgan fingerprint density at radius 1 is 1.40 bits per heavy atom. The van der Waals surface area contributed by atoms with E-state index in [2.05, 4.69) is 26.6 Å². The Hall–Kier alpha value is -1.92. The molecule has 6 heteroatoms. The molecule has 1 saturated heterocycles. The summed E-state index contributed by atoms with van der Waals surface area (Å²) >= 11 is 0. The van der Waals surface area contributed by atoms with Gasteiger partial charge in [0.05, 0.1) is 0 Å². The SMILES string of the molecule is CCn1cnnc1C1CCCN(CC(O)COc2cccc(C)c2)C1. The third-order valence-corrected chi connectivity index (χ3v) is 4.76. The van der Waals surface area contributed by atoms with Crippen LogP contribution < -0.4 is 4.74 Å². The van der Waals surface area contributed by atoms with Crippen LogP contribution in [0.1, 0.15) is 37.1 Å². The zero-order valence-electron chi connectivity index (χ0n) is 15.1. The van der Waals surface area contributed by atoms with Crippen molar-refractivity contribution in [3.63, 3.8) is 0 Å². The number of hydrogen-bond donors (Lipinski definition) is 1. The minimum absolute atomic E-state index is 0.315. The van der Waals surface area contributed by atoms with Gasteiger partial charge in [-0.25, -0.2) is 0 Å². The summed E-state index contributed by atoms with van der Waals surface area (Å²) in [6, 6.07) is 7.91. The predicted octanol–water partition coefficient (Wildman–Crippen LogP) is 2.23. The number of likely N-dealkylation sites (tertiary alicyclic amines) is 1. The number of aryl methyl sites for hydroxylation is 2. The molecule has 3 rings (SSSR count). The number of rotatable bonds is 7. The maximum atomic E-state index is 10.3. The van der Waals surface area contributed by atoms with Crippen LogP contribution in [0, 0.1) is 6.92 Å². The molecule has 0 bridgehead atoms. The van der Waals surface area contributed by atoms with E-state index in [1.807, 2.05) is 31.2 Å². The number of ether oxygens (including phenoxy) is 1. The smallest absolute Gasteiger partial charge is 0.137 e. The fourth-order valence-electron chi connectivity index (χ4n) is 3.50. The lowest BCUT2D eigenvalue weighted by Gasteiger charge is -2.33. The van der Waals surface area contributed by atoms with Crippen molar-refractivity contribution < 1.29 is 9.84 Å². The number of β-amino-alcohol motifs (C(OH)–C–C–N with tert-alkyl or cyclic N) is 1. The summed E-state index contributed by atoms with van der Waals surface area (Å²) in [5, 5.41) is 18.7. The van der Waals surface area contributed by atoms with Gasteiger partial charge in [-0.15, -0.1) is 10.2 Å². The lowest BCUT2D eigenvalue weighted by atomic mass is 9.97. The quantitative estimate of drug-likeness (QED) is 0.834. The van der Waals surface area contributed by atoms with Crippen molar-refractivity contribution in [1.82, 2.24) is 19.7 Å². The average Bonchev–Trinajstić information content (AvgIpc) is 3.09. The first-order chi connectivity index (χ1) is 12.2. The van der Waals surface area contributed by atoms with Crippen LogP contribution in [0.25, 0.3) is 0 Å². The first kappa shape index (κ1) is 17.9. The van der Waals surface area contributed by atoms with E-state index in [0.29, 0.717) is 19.1 Å². The molecule has 1 N–H and O–H groups in total. The molecular formula is C19H28N4O2. The van der Waals surface area contributed by atoms with Crippen LogP contribution >= 0.6 is 0 Å². The highest BCUT2D eigenvalue weighted by molar-refractivity contribution is 5.27. The van der Waals surface area contributed by atoms with Crippen molar-refractivity contribution in [1.29, 1.82) is 0 Å². The van der Waals surface area contributed by atoms with Crippen LogP contribution in [-0.4, -0.2) is 57.1 Å². The van der Waals surface area contributed by atoms with Crippen LogP contribution in [0.4, 0.5) is 0 Å². The molecule has 2 heterocycles. The van der Waals surface area contributed by atoms with Crippen molar-refractivity contribution in [2.24, 2.45) is 0 Å². The monoisotopic (exact) mass is 344 g/mol. The summed E-state index contributed by atoms with van der Waals surface area (Å²) < 4.78 is 7.84. The van der Waals surface area contributed by atoms with Gasteiger partial charge < -0.3 is 14.4 Å². The van der Waals surface area contributed by atoms with Crippen molar-refractivity contribution >= 4 is 0 Å². The second-order valence-corrected chi connectivity index (χ2v) is 6.86. The Morgan fingerprint density at radius 3 is 3.08 bits per heavy atom. The molecule has 0 saturated carbocycles. The Balaban J connectivity index is 1.50. The minimum Gasteiger partial charge on any atom is -0.491 e. The highest BCUT2D eigenvalue weighted by Gasteiger charge is 2.26. The van der Waals surface area contributed by atoms with Gasteiger partial charge in [-0.1, -0.05) is 12.1 Å². The van der Waals surface area contributed by atoms with E-state index in [-0.39, 0.29) is 0 Å². The fraction of sp³-hybridized carbons (Fsp3) is 0.579. The fourth-order valence-corrected chi connectivity index (χ4v) is 3.50. The Labute approximate surface area is 149 Å². The molecule has 1 aromatic carbocycles. The zero-order valence-corrected chi connectivity index (χ0v) is 15.1. The van der Waals surface area contributed by atoms with Gasteiger partial charge in [0.25, 0.3) is 0 Å². The van der Waals surface area contributed by atoms with E-state index < -0.39 is 6.10 Å². The number of benzene rings is 1. The predicted molar refractivity (Wildman–Crippen MR) is 96.8 cm³/mol. The largest absolute Gasteiger partial charge is 0.491 e. The van der Waals surface area contributed by atoms with Gasteiger partial charge in [-0.2, -0.15) is 0 Å². The first-order valence-electron chi connectivity index (χ1n) is 9.13. The molecule has 136 valence electrons. The Morgan fingerprint density at radius 2 is 2.28 bits per heavy atom. The molecule has 1 aliphatic rings. The lowest BCUT2D eigenvalue weighted by molar-refractivity contribution is 0.0575. The maximum Gasteiger partial charge on any atom is 0.137 e. The van der Waals surface area contributed by atoms with E-state index in [0.717, 1.165) is 49.6 Å². The molecule has 0 radical (unpaired) electrons. The van der Waals surface area contributed by atoms with Crippen LogP contribution in [0.3, 0.4) is 0 Å². The number of aromatic nitrogens is 3. The highest BCUT2D eigenvalue weighted by atomic mass is 16.5. The topological polar surface area (TPSA) is 63.4 Å². The molecule has 0 aliphatic carbocycles. The third kappa shape index (κ3) is 4.80. The van der Waals surface area contributed by atoms with Gasteiger partial charge in [0.1, 0.15) is 30.6 Å². The number of hydrogen-bond acceptors (Lipinski definition) is 5. The molecular weight excluding hydrogens is 316 g/mol. The molecule has 1 aromatic heterocycles.